The van der Waals surface area contributed by atoms with Crippen LogP contribution in [-0.4, -0.2) is 15.9 Å². The highest BCUT2D eigenvalue weighted by atomic mass is 19.1. The van der Waals surface area contributed by atoms with E-state index in [1.165, 1.54) is 6.07 Å². The molecule has 17 heavy (non-hydrogen) atoms. The summed E-state index contributed by atoms with van der Waals surface area (Å²) in [5, 5.41) is 4.32. The van der Waals surface area contributed by atoms with Crippen LogP contribution in [0.5, 0.6) is 5.75 Å². The Hall–Kier alpha value is -1.84. The highest BCUT2D eigenvalue weighted by Gasteiger charge is 2.23. The topological polar surface area (TPSA) is 27.1 Å². The Kier molecular flexibility index (Phi) is 2.35. The fraction of sp³-hybridized carbons (Fsp3) is 0.308. The molecule has 0 saturated carbocycles. The van der Waals surface area contributed by atoms with Crippen LogP contribution in [-0.2, 0) is 13.0 Å². The Morgan fingerprint density at radius 3 is 3.12 bits per heavy atom. The van der Waals surface area contributed by atoms with Crippen molar-refractivity contribution in [2.24, 2.45) is 0 Å². The van der Waals surface area contributed by atoms with Gasteiger partial charge in [0, 0.05) is 18.2 Å². The molecule has 0 N–H and O–H groups in total. The van der Waals surface area contributed by atoms with Gasteiger partial charge in [0.05, 0.1) is 12.2 Å². The Bertz CT molecular complexity index is 548. The highest BCUT2D eigenvalue weighted by Crippen LogP contribution is 2.29. The summed E-state index contributed by atoms with van der Waals surface area (Å²) >= 11 is 0. The molecule has 2 heterocycles. The van der Waals surface area contributed by atoms with Crippen molar-refractivity contribution in [2.75, 3.05) is 0 Å². The van der Waals surface area contributed by atoms with E-state index in [1.807, 2.05) is 23.9 Å². The summed E-state index contributed by atoms with van der Waals surface area (Å²) in [7, 11) is 0. The summed E-state index contributed by atoms with van der Waals surface area (Å²) in [4.78, 5) is 0. The molecule has 4 heteroatoms. The molecule has 1 aromatic carbocycles. The maximum atomic E-state index is 13.0. The number of nitrogens with zero attached hydrogens (tertiary/aromatic N) is 2. The van der Waals surface area contributed by atoms with Crippen LogP contribution in [0, 0.1) is 12.7 Å². The number of aryl methyl sites for hydroxylation is 1. The summed E-state index contributed by atoms with van der Waals surface area (Å²) in [6.07, 6.45) is 2.72. The van der Waals surface area contributed by atoms with Crippen LogP contribution in [0.3, 0.4) is 0 Å². The molecule has 1 atom stereocenters. The first-order chi connectivity index (χ1) is 8.20. The normalized spacial score (nSPS) is 17.9. The van der Waals surface area contributed by atoms with Crippen LogP contribution < -0.4 is 4.74 Å². The van der Waals surface area contributed by atoms with Crippen molar-refractivity contribution >= 4 is 0 Å². The zero-order valence-corrected chi connectivity index (χ0v) is 9.56. The van der Waals surface area contributed by atoms with Gasteiger partial charge in [0.1, 0.15) is 17.7 Å². The van der Waals surface area contributed by atoms with Gasteiger partial charge in [-0.15, -0.1) is 0 Å². The van der Waals surface area contributed by atoms with Gasteiger partial charge in [-0.3, -0.25) is 4.68 Å². The van der Waals surface area contributed by atoms with E-state index in [4.69, 9.17) is 4.74 Å². The molecule has 0 radical (unpaired) electrons. The van der Waals surface area contributed by atoms with E-state index < -0.39 is 0 Å². The number of hydrogen-bond donors (Lipinski definition) is 0. The van der Waals surface area contributed by atoms with Crippen LogP contribution in [0.2, 0.25) is 0 Å². The molecule has 2 aromatic rings. The van der Waals surface area contributed by atoms with E-state index >= 15 is 0 Å². The third-order valence-electron chi connectivity index (χ3n) is 2.93. The molecule has 1 aliphatic heterocycles. The molecule has 0 saturated heterocycles. The molecule has 1 aliphatic rings. The van der Waals surface area contributed by atoms with Crippen LogP contribution >= 0.6 is 0 Å². The molecular formula is C13H13FN2O. The summed E-state index contributed by atoms with van der Waals surface area (Å²) in [6.45, 7) is 2.65. The third kappa shape index (κ3) is 2.02. The van der Waals surface area contributed by atoms with Gasteiger partial charge in [-0.05, 0) is 31.2 Å². The molecule has 3 rings (SSSR count). The second-order valence-electron chi connectivity index (χ2n) is 4.38. The minimum Gasteiger partial charge on any atom is -0.488 e. The quantitative estimate of drug-likeness (QED) is 0.794. The van der Waals surface area contributed by atoms with Crippen LogP contribution in [0.4, 0.5) is 4.39 Å². The lowest BCUT2D eigenvalue weighted by atomic mass is 10.1. The molecule has 0 fully saturated rings. The Morgan fingerprint density at radius 1 is 1.47 bits per heavy atom. The van der Waals surface area contributed by atoms with E-state index in [0.717, 1.165) is 23.4 Å². The number of benzene rings is 1. The van der Waals surface area contributed by atoms with Crippen LogP contribution in [0.25, 0.3) is 0 Å². The van der Waals surface area contributed by atoms with E-state index in [1.54, 1.807) is 12.1 Å². The van der Waals surface area contributed by atoms with Crippen molar-refractivity contribution in [1.29, 1.82) is 0 Å². The van der Waals surface area contributed by atoms with E-state index in [2.05, 4.69) is 5.10 Å². The predicted octanol–water partition coefficient (Wildman–Crippen LogP) is 2.33. The Labute approximate surface area is 98.8 Å². The largest absolute Gasteiger partial charge is 0.488 e. The van der Waals surface area contributed by atoms with Crippen molar-refractivity contribution in [1.82, 2.24) is 9.78 Å². The third-order valence-corrected chi connectivity index (χ3v) is 2.93. The number of halogens is 1. The SMILES string of the molecule is Cc1ccn(CC2Cc3cc(F)ccc3O2)n1. The lowest BCUT2D eigenvalue weighted by Crippen LogP contribution is -2.21. The van der Waals surface area contributed by atoms with Gasteiger partial charge in [-0.2, -0.15) is 5.10 Å². The van der Waals surface area contributed by atoms with Gasteiger partial charge in [0.25, 0.3) is 0 Å². The van der Waals surface area contributed by atoms with Crippen molar-refractivity contribution < 1.29 is 9.13 Å². The average molecular weight is 232 g/mol. The number of aromatic nitrogens is 2. The molecule has 0 amide bonds. The summed E-state index contributed by atoms with van der Waals surface area (Å²) in [5.41, 5.74) is 1.94. The second-order valence-corrected chi connectivity index (χ2v) is 4.38. The van der Waals surface area contributed by atoms with Gasteiger partial charge in [0.15, 0.2) is 0 Å². The molecule has 1 unspecified atom stereocenters. The molecule has 3 nitrogen and oxygen atoms in total. The van der Waals surface area contributed by atoms with Gasteiger partial charge in [-0.25, -0.2) is 4.39 Å². The molecule has 1 aromatic heterocycles. The standard InChI is InChI=1S/C13H13FN2O/c1-9-4-5-16(15-9)8-12-7-10-6-11(14)2-3-13(10)17-12/h2-6,12H,7-8H2,1H3. The Morgan fingerprint density at radius 2 is 2.35 bits per heavy atom. The van der Waals surface area contributed by atoms with Crippen molar-refractivity contribution in [3.05, 3.63) is 47.5 Å². The summed E-state index contributed by atoms with van der Waals surface area (Å²) < 4.78 is 20.7. The second kappa shape index (κ2) is 3.87. The van der Waals surface area contributed by atoms with Crippen molar-refractivity contribution in [2.45, 2.75) is 26.0 Å². The first-order valence-corrected chi connectivity index (χ1v) is 5.66. The lowest BCUT2D eigenvalue weighted by molar-refractivity contribution is 0.203. The molecule has 0 bridgehead atoms. The average Bonchev–Trinajstić information content (AvgIpc) is 2.84. The monoisotopic (exact) mass is 232 g/mol. The van der Waals surface area contributed by atoms with Crippen molar-refractivity contribution in [3.8, 4) is 5.75 Å². The fourth-order valence-electron chi connectivity index (χ4n) is 2.16. The number of fused-ring (bicyclic) bond motifs is 1. The first-order valence-electron chi connectivity index (χ1n) is 5.66. The van der Waals surface area contributed by atoms with Gasteiger partial charge < -0.3 is 4.74 Å². The molecule has 88 valence electrons. The minimum absolute atomic E-state index is 0.0473. The van der Waals surface area contributed by atoms with E-state index in [0.29, 0.717) is 6.54 Å². The van der Waals surface area contributed by atoms with Gasteiger partial charge >= 0.3 is 0 Å². The number of rotatable bonds is 2. The first kappa shape index (κ1) is 10.3. The molecule has 0 aliphatic carbocycles. The zero-order valence-electron chi connectivity index (χ0n) is 9.56. The van der Waals surface area contributed by atoms with Crippen LogP contribution in [0.1, 0.15) is 11.3 Å². The van der Waals surface area contributed by atoms with Crippen molar-refractivity contribution in [3.63, 3.8) is 0 Å². The summed E-state index contributed by atoms with van der Waals surface area (Å²) in [5.74, 6) is 0.586. The predicted molar refractivity (Wildman–Crippen MR) is 61.5 cm³/mol. The highest BCUT2D eigenvalue weighted by molar-refractivity contribution is 5.37. The summed E-state index contributed by atoms with van der Waals surface area (Å²) in [6, 6.07) is 6.63. The van der Waals surface area contributed by atoms with Gasteiger partial charge in [-0.1, -0.05) is 0 Å². The molecular weight excluding hydrogens is 219 g/mol. The number of ether oxygens (including phenoxy) is 1. The fourth-order valence-corrected chi connectivity index (χ4v) is 2.16. The lowest BCUT2D eigenvalue weighted by Gasteiger charge is -2.10. The smallest absolute Gasteiger partial charge is 0.123 e. The van der Waals surface area contributed by atoms with Crippen LogP contribution in [0.15, 0.2) is 30.5 Å². The Balaban J connectivity index is 1.74. The van der Waals surface area contributed by atoms with Gasteiger partial charge in [0.2, 0.25) is 0 Å². The maximum Gasteiger partial charge on any atom is 0.123 e. The van der Waals surface area contributed by atoms with E-state index in [-0.39, 0.29) is 11.9 Å². The minimum atomic E-state index is -0.206. The maximum absolute atomic E-state index is 13.0. The van der Waals surface area contributed by atoms with E-state index in [9.17, 15) is 4.39 Å². The zero-order chi connectivity index (χ0) is 11.8. The number of hydrogen-bond acceptors (Lipinski definition) is 2. The molecule has 0 spiro atoms.